The molecule has 0 fully saturated rings. The van der Waals surface area contributed by atoms with Gasteiger partial charge in [-0.05, 0) is 11.6 Å². The Labute approximate surface area is 84.9 Å². The third-order valence-corrected chi connectivity index (χ3v) is 1.76. The summed E-state index contributed by atoms with van der Waals surface area (Å²) in [4.78, 5) is 0. The predicted octanol–water partition coefficient (Wildman–Crippen LogP) is 2.86. The molecule has 0 aliphatic heterocycles. The fourth-order valence-electron chi connectivity index (χ4n) is 0.630. The molecule has 0 atom stereocenters. The Kier molecular flexibility index (Phi) is 5.02. The zero-order valence-corrected chi connectivity index (χ0v) is 10.3. The van der Waals surface area contributed by atoms with E-state index in [2.05, 4.69) is 15.9 Å². The van der Waals surface area contributed by atoms with Crippen LogP contribution in [0.4, 0.5) is 8.78 Å². The molecular weight excluding hydrogens is 267 g/mol. The van der Waals surface area contributed by atoms with Crippen LogP contribution in [0.25, 0.3) is 0 Å². The first-order valence-electron chi connectivity index (χ1n) is 2.74. The number of hydrogen-bond donors (Lipinski definition) is 0. The van der Waals surface area contributed by atoms with Gasteiger partial charge in [0.1, 0.15) is 11.6 Å². The Morgan fingerprint density at radius 2 is 1.91 bits per heavy atom. The minimum Gasteiger partial charge on any atom is -0.207 e. The fourth-order valence-corrected chi connectivity index (χ4v) is 1.08. The molecule has 0 amide bonds. The second kappa shape index (κ2) is 4.94. The van der Waals surface area contributed by atoms with Crippen LogP contribution in [0, 0.1) is 11.6 Å². The van der Waals surface area contributed by atoms with Crippen molar-refractivity contribution in [2.24, 2.45) is 0 Å². The van der Waals surface area contributed by atoms with Crippen molar-refractivity contribution in [3.63, 3.8) is 0 Å². The second-order valence-corrected chi connectivity index (χ2v) is 2.43. The summed E-state index contributed by atoms with van der Waals surface area (Å²) in [5.41, 5.74) is 0.474. The number of hydrogen-bond acceptors (Lipinski definition) is 0. The summed E-state index contributed by atoms with van der Waals surface area (Å²) >= 11 is 3.07. The number of halogens is 3. The molecule has 0 unspecified atom stereocenters. The molecule has 0 spiro atoms. The van der Waals surface area contributed by atoms with Crippen LogP contribution in [0.15, 0.2) is 18.2 Å². The van der Waals surface area contributed by atoms with Gasteiger partial charge in [0.15, 0.2) is 0 Å². The van der Waals surface area contributed by atoms with Crippen molar-refractivity contribution in [3.8, 4) is 0 Å². The van der Waals surface area contributed by atoms with Crippen molar-refractivity contribution < 1.29 is 28.3 Å². The van der Waals surface area contributed by atoms with Gasteiger partial charge in [-0.3, -0.25) is 0 Å². The van der Waals surface area contributed by atoms with E-state index in [1.807, 2.05) is 0 Å². The largest absolute Gasteiger partial charge is 0.207 e. The van der Waals surface area contributed by atoms with Gasteiger partial charge in [0, 0.05) is 30.9 Å². The summed E-state index contributed by atoms with van der Waals surface area (Å²) in [5.74, 6) is -1.04. The van der Waals surface area contributed by atoms with Crippen LogP contribution >= 0.6 is 15.9 Å². The van der Waals surface area contributed by atoms with Crippen molar-refractivity contribution in [3.05, 3.63) is 35.4 Å². The van der Waals surface area contributed by atoms with Gasteiger partial charge < -0.3 is 0 Å². The maximum absolute atomic E-state index is 12.6. The van der Waals surface area contributed by atoms with Crippen LogP contribution in [0.3, 0.4) is 0 Å². The SMILES string of the molecule is Fc1ccc(CBr)c(F)c1.[Zn]. The van der Waals surface area contributed by atoms with Crippen molar-refractivity contribution in [2.45, 2.75) is 5.33 Å². The molecule has 0 aromatic heterocycles. The van der Waals surface area contributed by atoms with E-state index in [1.54, 1.807) is 0 Å². The van der Waals surface area contributed by atoms with Crippen molar-refractivity contribution in [2.75, 3.05) is 0 Å². The van der Waals surface area contributed by atoms with Gasteiger partial charge in [0.2, 0.25) is 0 Å². The van der Waals surface area contributed by atoms with Gasteiger partial charge in [-0.1, -0.05) is 22.0 Å². The standard InChI is InChI=1S/C7H5BrF2.Zn/c8-4-5-1-2-6(9)3-7(5)10;/h1-3H,4H2;. The van der Waals surface area contributed by atoms with E-state index in [0.29, 0.717) is 10.9 Å². The van der Waals surface area contributed by atoms with Crippen molar-refractivity contribution in [1.82, 2.24) is 0 Å². The van der Waals surface area contributed by atoms with Crippen molar-refractivity contribution >= 4 is 15.9 Å². The molecule has 4 heteroatoms. The fraction of sp³-hybridized carbons (Fsp3) is 0.143. The monoisotopic (exact) mass is 270 g/mol. The van der Waals surface area contributed by atoms with Gasteiger partial charge in [-0.2, -0.15) is 0 Å². The van der Waals surface area contributed by atoms with Gasteiger partial charge in [-0.15, -0.1) is 0 Å². The Bertz CT molecular complexity index is 240. The molecule has 0 nitrogen and oxygen atoms in total. The smallest absolute Gasteiger partial charge is 0.130 e. The third-order valence-electron chi connectivity index (χ3n) is 1.16. The van der Waals surface area contributed by atoms with E-state index in [4.69, 9.17) is 0 Å². The molecule has 1 rings (SSSR count). The molecule has 0 saturated heterocycles. The minimum absolute atomic E-state index is 0. The molecule has 11 heavy (non-hydrogen) atoms. The second-order valence-electron chi connectivity index (χ2n) is 1.87. The quantitative estimate of drug-likeness (QED) is 0.545. The van der Waals surface area contributed by atoms with E-state index in [0.717, 1.165) is 6.07 Å². The van der Waals surface area contributed by atoms with Crippen LogP contribution in [0.5, 0.6) is 0 Å². The van der Waals surface area contributed by atoms with E-state index in [1.165, 1.54) is 12.1 Å². The maximum Gasteiger partial charge on any atom is 0.130 e. The zero-order valence-electron chi connectivity index (χ0n) is 5.78. The average molecular weight is 272 g/mol. The van der Waals surface area contributed by atoms with Gasteiger partial charge >= 0.3 is 0 Å². The predicted molar refractivity (Wildman–Crippen MR) is 39.0 cm³/mol. The molecule has 0 aliphatic rings. The molecule has 0 saturated carbocycles. The van der Waals surface area contributed by atoms with Crippen LogP contribution in [-0.2, 0) is 24.8 Å². The number of alkyl halides is 1. The summed E-state index contributed by atoms with van der Waals surface area (Å²) in [6.45, 7) is 0. The van der Waals surface area contributed by atoms with E-state index in [-0.39, 0.29) is 19.5 Å². The Balaban J connectivity index is 0.000001000. The molecule has 0 heterocycles. The number of rotatable bonds is 1. The molecule has 1 aromatic rings. The Morgan fingerprint density at radius 3 is 2.36 bits per heavy atom. The molecule has 0 N–H and O–H groups in total. The molecule has 56 valence electrons. The van der Waals surface area contributed by atoms with E-state index in [9.17, 15) is 8.78 Å². The first-order valence-corrected chi connectivity index (χ1v) is 3.86. The van der Waals surface area contributed by atoms with Crippen LogP contribution in [-0.4, -0.2) is 0 Å². The van der Waals surface area contributed by atoms with Gasteiger partial charge in [0.25, 0.3) is 0 Å². The van der Waals surface area contributed by atoms with Gasteiger partial charge in [-0.25, -0.2) is 8.78 Å². The zero-order chi connectivity index (χ0) is 7.56. The van der Waals surface area contributed by atoms with E-state index < -0.39 is 11.6 Å². The first-order chi connectivity index (χ1) is 4.74. The summed E-state index contributed by atoms with van der Waals surface area (Å²) in [6, 6.07) is 3.52. The number of benzene rings is 1. The molecule has 0 bridgehead atoms. The van der Waals surface area contributed by atoms with Crippen LogP contribution in [0.2, 0.25) is 0 Å². The topological polar surface area (TPSA) is 0 Å². The van der Waals surface area contributed by atoms with Gasteiger partial charge in [0.05, 0.1) is 0 Å². The molecule has 0 radical (unpaired) electrons. The Hall–Kier alpha value is 0.183. The molecule has 0 aliphatic carbocycles. The maximum atomic E-state index is 12.6. The molecule has 1 aromatic carbocycles. The summed E-state index contributed by atoms with van der Waals surface area (Å²) in [7, 11) is 0. The molecular formula is C7H5BrF2Zn. The van der Waals surface area contributed by atoms with Crippen LogP contribution < -0.4 is 0 Å². The summed E-state index contributed by atoms with van der Waals surface area (Å²) < 4.78 is 24.8. The normalized spacial score (nSPS) is 9.00. The Morgan fingerprint density at radius 1 is 1.27 bits per heavy atom. The third kappa shape index (κ3) is 2.96. The van der Waals surface area contributed by atoms with E-state index >= 15 is 0 Å². The average Bonchev–Trinajstić information content (AvgIpc) is 1.88. The summed E-state index contributed by atoms with van der Waals surface area (Å²) in [5, 5.41) is 0.416. The minimum atomic E-state index is -0.540. The first kappa shape index (κ1) is 11.2. The van der Waals surface area contributed by atoms with Crippen LogP contribution in [0.1, 0.15) is 5.56 Å². The van der Waals surface area contributed by atoms with Crippen molar-refractivity contribution in [1.29, 1.82) is 0 Å². The summed E-state index contributed by atoms with van der Waals surface area (Å²) in [6.07, 6.45) is 0.